The molecule has 9 nitrogen and oxygen atoms in total. The molecule has 2 heterocycles. The van der Waals surface area contributed by atoms with Crippen LogP contribution in [-0.2, 0) is 4.79 Å². The van der Waals surface area contributed by atoms with Gasteiger partial charge in [0.15, 0.2) is 0 Å². The Hall–Kier alpha value is -3.88. The van der Waals surface area contributed by atoms with Crippen LogP contribution >= 0.6 is 0 Å². The summed E-state index contributed by atoms with van der Waals surface area (Å²) in [6.45, 7) is 0.840. The molecule has 174 valence electrons. The van der Waals surface area contributed by atoms with Crippen molar-refractivity contribution in [2.45, 2.75) is 32.1 Å². The number of aromatic nitrogens is 3. The zero-order valence-corrected chi connectivity index (χ0v) is 18.9. The highest BCUT2D eigenvalue weighted by atomic mass is 16.5. The van der Waals surface area contributed by atoms with E-state index in [0.717, 1.165) is 37.2 Å². The Morgan fingerprint density at radius 3 is 2.67 bits per heavy atom. The van der Waals surface area contributed by atoms with Crippen molar-refractivity contribution in [1.82, 2.24) is 15.2 Å². The van der Waals surface area contributed by atoms with E-state index in [1.807, 2.05) is 31.3 Å². The second-order valence-corrected chi connectivity index (χ2v) is 7.70. The lowest BCUT2D eigenvalue weighted by Gasteiger charge is -2.21. The lowest BCUT2D eigenvalue weighted by atomic mass is 10.1. The summed E-state index contributed by atoms with van der Waals surface area (Å²) < 4.78 is 5.50. The molecule has 0 bridgehead atoms. The van der Waals surface area contributed by atoms with Crippen LogP contribution < -0.4 is 15.0 Å². The summed E-state index contributed by atoms with van der Waals surface area (Å²) in [5, 5.41) is 18.3. The summed E-state index contributed by atoms with van der Waals surface area (Å²) >= 11 is 0. The van der Waals surface area contributed by atoms with Crippen LogP contribution in [0.2, 0.25) is 0 Å². The third-order valence-electron chi connectivity index (χ3n) is 5.27. The van der Waals surface area contributed by atoms with Crippen LogP contribution in [0, 0.1) is 0 Å². The van der Waals surface area contributed by atoms with Gasteiger partial charge in [0.25, 0.3) is 5.91 Å². The predicted molar refractivity (Wildman–Crippen MR) is 127 cm³/mol. The fraction of sp³-hybridized carbons (Fsp3) is 0.333. The quantitative estimate of drug-likeness (QED) is 0.353. The maximum absolute atomic E-state index is 12.8. The number of aromatic amines is 1. The molecule has 0 unspecified atom stereocenters. The van der Waals surface area contributed by atoms with E-state index in [1.165, 1.54) is 0 Å². The number of carbonyl (C=O) groups is 2. The van der Waals surface area contributed by atoms with Gasteiger partial charge in [0.1, 0.15) is 11.4 Å². The summed E-state index contributed by atoms with van der Waals surface area (Å²) in [7, 11) is 3.56. The summed E-state index contributed by atoms with van der Waals surface area (Å²) in [6.07, 6.45) is 5.42. The highest BCUT2D eigenvalue weighted by Crippen LogP contribution is 2.30. The summed E-state index contributed by atoms with van der Waals surface area (Å²) in [4.78, 5) is 29.9. The molecule has 0 aliphatic carbocycles. The first-order valence-corrected chi connectivity index (χ1v) is 10.9. The summed E-state index contributed by atoms with van der Waals surface area (Å²) in [5.74, 6) is -0.524. The van der Waals surface area contributed by atoms with Gasteiger partial charge in [-0.05, 0) is 43.2 Å². The molecule has 1 amide bonds. The Bertz CT molecular complexity index is 1070. The number of anilines is 2. The zero-order chi connectivity index (χ0) is 23.6. The minimum absolute atomic E-state index is 0.225. The van der Waals surface area contributed by atoms with Gasteiger partial charge in [0.2, 0.25) is 0 Å². The number of H-pyrrole nitrogens is 1. The normalized spacial score (nSPS) is 10.6. The van der Waals surface area contributed by atoms with Crippen LogP contribution in [0.5, 0.6) is 5.75 Å². The molecule has 9 heteroatoms. The van der Waals surface area contributed by atoms with Crippen LogP contribution in [0.1, 0.15) is 42.6 Å². The first kappa shape index (κ1) is 23.8. The van der Waals surface area contributed by atoms with E-state index in [4.69, 9.17) is 9.84 Å². The number of benzene rings is 1. The number of rotatable bonds is 12. The number of methoxy groups -OCH3 is 1. The van der Waals surface area contributed by atoms with Crippen molar-refractivity contribution in [3.63, 3.8) is 0 Å². The number of carboxylic acid groups (broad SMARTS) is 1. The van der Waals surface area contributed by atoms with Gasteiger partial charge in [-0.3, -0.25) is 14.7 Å². The van der Waals surface area contributed by atoms with Crippen molar-refractivity contribution >= 4 is 23.3 Å². The van der Waals surface area contributed by atoms with Gasteiger partial charge in [0, 0.05) is 38.0 Å². The number of carbonyl (C=O) groups excluding carboxylic acids is 1. The fourth-order valence-electron chi connectivity index (χ4n) is 3.42. The Labute approximate surface area is 192 Å². The molecule has 3 aromatic rings. The molecule has 0 aliphatic rings. The van der Waals surface area contributed by atoms with Crippen LogP contribution in [0.4, 0.5) is 11.4 Å². The van der Waals surface area contributed by atoms with E-state index in [-0.39, 0.29) is 18.0 Å². The maximum atomic E-state index is 12.8. The SMILES string of the molecule is COc1cc(N(C)CCCCCCC(=O)O)ccc1NC(=O)c1cccc(-c2ccn[nH]2)n1. The van der Waals surface area contributed by atoms with Gasteiger partial charge < -0.3 is 20.1 Å². The van der Waals surface area contributed by atoms with E-state index >= 15 is 0 Å². The minimum atomic E-state index is -0.743. The van der Waals surface area contributed by atoms with Gasteiger partial charge in [-0.15, -0.1) is 0 Å². The van der Waals surface area contributed by atoms with Crippen LogP contribution in [0.25, 0.3) is 11.4 Å². The standard InChI is InChI=1S/C24H29N5O4/c1-29(15-6-4-3-5-10-23(30)31)17-11-12-20(22(16-17)33-2)27-24(32)21-9-7-8-18(26-21)19-13-14-25-28-19/h7-9,11-14,16H,3-6,10,15H2,1-2H3,(H,25,28)(H,27,32)(H,30,31). The van der Waals surface area contributed by atoms with Crippen LogP contribution in [-0.4, -0.2) is 52.9 Å². The number of nitrogens with one attached hydrogen (secondary N) is 2. The second-order valence-electron chi connectivity index (χ2n) is 7.70. The molecule has 3 N–H and O–H groups in total. The van der Waals surface area contributed by atoms with Crippen molar-refractivity contribution in [2.24, 2.45) is 0 Å². The Balaban J connectivity index is 1.60. The van der Waals surface area contributed by atoms with Gasteiger partial charge in [-0.1, -0.05) is 18.9 Å². The average Bonchev–Trinajstić information content (AvgIpc) is 3.36. The Kier molecular flexibility index (Phi) is 8.40. The lowest BCUT2D eigenvalue weighted by molar-refractivity contribution is -0.137. The monoisotopic (exact) mass is 451 g/mol. The molecular weight excluding hydrogens is 422 g/mol. The maximum Gasteiger partial charge on any atom is 0.303 e. The molecule has 0 spiro atoms. The summed E-state index contributed by atoms with van der Waals surface area (Å²) in [5.41, 5.74) is 3.17. The smallest absolute Gasteiger partial charge is 0.303 e. The van der Waals surface area contributed by atoms with E-state index in [0.29, 0.717) is 23.6 Å². The molecule has 1 aromatic carbocycles. The highest BCUT2D eigenvalue weighted by Gasteiger charge is 2.14. The predicted octanol–water partition coefficient (Wildman–Crippen LogP) is 4.20. The molecule has 3 rings (SSSR count). The zero-order valence-electron chi connectivity index (χ0n) is 18.9. The number of ether oxygens (including phenoxy) is 1. The lowest BCUT2D eigenvalue weighted by Crippen LogP contribution is -2.19. The van der Waals surface area contributed by atoms with Crippen molar-refractivity contribution in [2.75, 3.05) is 30.9 Å². The molecule has 0 aliphatic heterocycles. The first-order valence-electron chi connectivity index (χ1n) is 10.9. The minimum Gasteiger partial charge on any atom is -0.494 e. The molecule has 0 fully saturated rings. The molecule has 0 radical (unpaired) electrons. The van der Waals surface area contributed by atoms with Crippen molar-refractivity contribution in [3.8, 4) is 17.1 Å². The number of hydrogen-bond donors (Lipinski definition) is 3. The Morgan fingerprint density at radius 2 is 1.94 bits per heavy atom. The molecular formula is C24H29N5O4. The number of hydrogen-bond acceptors (Lipinski definition) is 6. The van der Waals surface area contributed by atoms with E-state index in [1.54, 1.807) is 31.5 Å². The molecule has 2 aromatic heterocycles. The number of aliphatic carboxylic acids is 1. The van der Waals surface area contributed by atoms with Crippen LogP contribution in [0.15, 0.2) is 48.7 Å². The van der Waals surface area contributed by atoms with Gasteiger partial charge in [-0.25, -0.2) is 4.98 Å². The number of pyridine rings is 1. The van der Waals surface area contributed by atoms with E-state index in [9.17, 15) is 9.59 Å². The van der Waals surface area contributed by atoms with Crippen LogP contribution in [0.3, 0.4) is 0 Å². The van der Waals surface area contributed by atoms with Crippen molar-refractivity contribution in [1.29, 1.82) is 0 Å². The third kappa shape index (κ3) is 6.80. The highest BCUT2D eigenvalue weighted by molar-refractivity contribution is 6.04. The topological polar surface area (TPSA) is 120 Å². The Morgan fingerprint density at radius 1 is 1.12 bits per heavy atom. The molecule has 0 atom stereocenters. The van der Waals surface area contributed by atoms with Crippen molar-refractivity contribution < 1.29 is 19.4 Å². The number of amides is 1. The average molecular weight is 452 g/mol. The number of nitrogens with zero attached hydrogens (tertiary/aromatic N) is 3. The third-order valence-corrected chi connectivity index (χ3v) is 5.27. The fourth-order valence-corrected chi connectivity index (χ4v) is 3.42. The summed E-state index contributed by atoms with van der Waals surface area (Å²) in [6, 6.07) is 12.6. The first-order chi connectivity index (χ1) is 16.0. The van der Waals surface area contributed by atoms with Crippen molar-refractivity contribution in [3.05, 3.63) is 54.4 Å². The molecule has 0 saturated carbocycles. The number of carboxylic acids is 1. The number of unbranched alkanes of at least 4 members (excludes halogenated alkanes) is 3. The van der Waals surface area contributed by atoms with E-state index < -0.39 is 5.97 Å². The molecule has 0 saturated heterocycles. The largest absolute Gasteiger partial charge is 0.494 e. The molecule has 33 heavy (non-hydrogen) atoms. The van der Waals surface area contributed by atoms with E-state index in [2.05, 4.69) is 25.4 Å². The van der Waals surface area contributed by atoms with Gasteiger partial charge in [-0.2, -0.15) is 5.10 Å². The van der Waals surface area contributed by atoms with Gasteiger partial charge >= 0.3 is 5.97 Å². The second kappa shape index (κ2) is 11.7. The van der Waals surface area contributed by atoms with Gasteiger partial charge in [0.05, 0.1) is 24.2 Å².